The number of anilines is 1. The number of methoxy groups -OCH3 is 1. The van der Waals surface area contributed by atoms with Crippen LogP contribution in [0.5, 0.6) is 11.5 Å². The van der Waals surface area contributed by atoms with Crippen molar-refractivity contribution in [3.63, 3.8) is 0 Å². The first-order valence-electron chi connectivity index (χ1n) is 11.9. The predicted molar refractivity (Wildman–Crippen MR) is 133 cm³/mol. The molecular formula is C27H29N3O6. The largest absolute Gasteiger partial charge is 0.496 e. The fraction of sp³-hybridized carbons (Fsp3) is 0.333. The van der Waals surface area contributed by atoms with Crippen LogP contribution in [0.25, 0.3) is 6.08 Å². The molecule has 2 N–H and O–H groups in total. The summed E-state index contributed by atoms with van der Waals surface area (Å²) in [4.78, 5) is 50.5. The molecule has 2 aliphatic rings. The van der Waals surface area contributed by atoms with Crippen molar-refractivity contribution in [2.75, 3.05) is 12.4 Å². The quantitative estimate of drug-likeness (QED) is 0.447. The number of hydrogen-bond donors (Lipinski definition) is 2. The second kappa shape index (κ2) is 11.1. The lowest BCUT2D eigenvalue weighted by Gasteiger charge is -2.35. The fourth-order valence-electron chi connectivity index (χ4n) is 4.51. The summed E-state index contributed by atoms with van der Waals surface area (Å²) in [5.74, 6) is -0.243. The van der Waals surface area contributed by atoms with E-state index in [0.717, 1.165) is 32.1 Å². The molecule has 188 valence electrons. The molecule has 36 heavy (non-hydrogen) atoms. The topological polar surface area (TPSA) is 114 Å². The first-order chi connectivity index (χ1) is 17.4. The highest BCUT2D eigenvalue weighted by molar-refractivity contribution is 6.31. The maximum Gasteiger partial charge on any atom is 0.331 e. The van der Waals surface area contributed by atoms with Gasteiger partial charge in [0.25, 0.3) is 11.8 Å². The zero-order chi connectivity index (χ0) is 25.7. The first kappa shape index (κ1) is 25.0. The average molecular weight is 492 g/mol. The summed E-state index contributed by atoms with van der Waals surface area (Å²) >= 11 is 0. The Hall–Kier alpha value is -4.14. The SMILES string of the molecule is COc1ccc(C=C2C(=O)NC(=O)N(C3CCCCC3)C2=O)cc1COc1ccc(NC(C)=O)cc1. The Balaban J connectivity index is 1.53. The number of ether oxygens (including phenoxy) is 2. The Morgan fingerprint density at radius 1 is 1.08 bits per heavy atom. The van der Waals surface area contributed by atoms with Crippen LogP contribution in [-0.4, -0.2) is 41.8 Å². The van der Waals surface area contributed by atoms with Crippen molar-refractivity contribution >= 4 is 35.5 Å². The number of barbiturate groups is 1. The molecule has 5 amide bonds. The van der Waals surface area contributed by atoms with E-state index >= 15 is 0 Å². The minimum atomic E-state index is -0.704. The smallest absolute Gasteiger partial charge is 0.331 e. The van der Waals surface area contributed by atoms with Gasteiger partial charge in [0.2, 0.25) is 5.91 Å². The van der Waals surface area contributed by atoms with E-state index in [0.29, 0.717) is 28.3 Å². The van der Waals surface area contributed by atoms with Crippen LogP contribution >= 0.6 is 0 Å². The molecule has 9 nitrogen and oxygen atoms in total. The molecule has 0 bridgehead atoms. The van der Waals surface area contributed by atoms with Gasteiger partial charge in [0.1, 0.15) is 23.7 Å². The van der Waals surface area contributed by atoms with Gasteiger partial charge in [-0.2, -0.15) is 0 Å². The van der Waals surface area contributed by atoms with Gasteiger partial charge in [-0.1, -0.05) is 25.3 Å². The van der Waals surface area contributed by atoms with Crippen LogP contribution in [-0.2, 0) is 21.0 Å². The molecule has 2 aromatic carbocycles. The van der Waals surface area contributed by atoms with Crippen molar-refractivity contribution in [3.8, 4) is 11.5 Å². The number of hydrogen-bond acceptors (Lipinski definition) is 6. The molecule has 1 aliphatic heterocycles. The minimum absolute atomic E-state index is 0.0780. The highest BCUT2D eigenvalue weighted by atomic mass is 16.5. The first-order valence-corrected chi connectivity index (χ1v) is 11.9. The summed E-state index contributed by atoms with van der Waals surface area (Å²) in [7, 11) is 1.55. The summed E-state index contributed by atoms with van der Waals surface area (Å²) < 4.78 is 11.3. The normalized spacial score (nSPS) is 17.7. The molecule has 0 radical (unpaired) electrons. The van der Waals surface area contributed by atoms with Crippen LogP contribution in [0.1, 0.15) is 50.2 Å². The summed E-state index contributed by atoms with van der Waals surface area (Å²) in [5, 5.41) is 5.01. The lowest BCUT2D eigenvalue weighted by molar-refractivity contribution is -0.132. The van der Waals surface area contributed by atoms with E-state index in [-0.39, 0.29) is 24.1 Å². The zero-order valence-electron chi connectivity index (χ0n) is 20.3. The van der Waals surface area contributed by atoms with E-state index in [4.69, 9.17) is 9.47 Å². The van der Waals surface area contributed by atoms with Gasteiger partial charge in [-0.3, -0.25) is 24.6 Å². The lowest BCUT2D eigenvalue weighted by Crippen LogP contribution is -2.58. The highest BCUT2D eigenvalue weighted by Gasteiger charge is 2.40. The van der Waals surface area contributed by atoms with Gasteiger partial charge in [0.05, 0.1) is 7.11 Å². The highest BCUT2D eigenvalue weighted by Crippen LogP contribution is 2.28. The molecule has 0 aromatic heterocycles. The monoisotopic (exact) mass is 491 g/mol. The molecule has 0 spiro atoms. The van der Waals surface area contributed by atoms with E-state index in [1.165, 1.54) is 17.9 Å². The maximum atomic E-state index is 13.2. The second-order valence-corrected chi connectivity index (χ2v) is 8.85. The number of nitrogens with zero attached hydrogens (tertiary/aromatic N) is 1. The molecular weight excluding hydrogens is 462 g/mol. The minimum Gasteiger partial charge on any atom is -0.496 e. The van der Waals surface area contributed by atoms with Gasteiger partial charge in [-0.05, 0) is 60.9 Å². The van der Waals surface area contributed by atoms with Crippen LogP contribution < -0.4 is 20.1 Å². The van der Waals surface area contributed by atoms with E-state index in [2.05, 4.69) is 10.6 Å². The Morgan fingerprint density at radius 3 is 2.47 bits per heavy atom. The Bertz CT molecular complexity index is 1200. The van der Waals surface area contributed by atoms with Crippen molar-refractivity contribution in [2.45, 2.75) is 51.7 Å². The fourth-order valence-corrected chi connectivity index (χ4v) is 4.51. The van der Waals surface area contributed by atoms with E-state index in [9.17, 15) is 19.2 Å². The Morgan fingerprint density at radius 2 is 1.81 bits per heavy atom. The molecule has 1 saturated heterocycles. The molecule has 2 aromatic rings. The maximum absolute atomic E-state index is 13.2. The van der Waals surface area contributed by atoms with E-state index in [1.807, 2.05) is 0 Å². The molecule has 1 heterocycles. The van der Waals surface area contributed by atoms with Crippen molar-refractivity contribution in [1.82, 2.24) is 10.2 Å². The van der Waals surface area contributed by atoms with Gasteiger partial charge in [0, 0.05) is 24.2 Å². The molecule has 1 aliphatic carbocycles. The lowest BCUT2D eigenvalue weighted by atomic mass is 9.93. The van der Waals surface area contributed by atoms with Gasteiger partial charge < -0.3 is 14.8 Å². The number of carbonyl (C=O) groups excluding carboxylic acids is 4. The van der Waals surface area contributed by atoms with E-state index < -0.39 is 17.8 Å². The standard InChI is InChI=1S/C27H29N3O6/c1-17(31)28-20-9-11-22(12-10-20)36-16-19-14-18(8-13-24(19)35-2)15-23-25(32)29-27(34)30(26(23)33)21-6-4-3-5-7-21/h8-15,21H,3-7,16H2,1-2H3,(H,28,31)(H,29,32,34). The van der Waals surface area contributed by atoms with Crippen molar-refractivity contribution in [1.29, 1.82) is 0 Å². The summed E-state index contributed by atoms with van der Waals surface area (Å²) in [6.45, 7) is 1.61. The van der Waals surface area contributed by atoms with Crippen molar-refractivity contribution in [2.24, 2.45) is 0 Å². The molecule has 4 rings (SSSR count). The number of amides is 5. The number of benzene rings is 2. The average Bonchev–Trinajstić information content (AvgIpc) is 2.86. The zero-order valence-corrected chi connectivity index (χ0v) is 20.3. The van der Waals surface area contributed by atoms with Gasteiger partial charge in [-0.25, -0.2) is 4.79 Å². The number of urea groups is 1. The molecule has 0 atom stereocenters. The number of nitrogens with one attached hydrogen (secondary N) is 2. The predicted octanol–water partition coefficient (Wildman–Crippen LogP) is 4.03. The van der Waals surface area contributed by atoms with Crippen LogP contribution in [0.2, 0.25) is 0 Å². The molecule has 0 unspecified atom stereocenters. The van der Waals surface area contributed by atoms with Gasteiger partial charge >= 0.3 is 6.03 Å². The molecule has 2 fully saturated rings. The Labute approximate surface area is 209 Å². The third-order valence-corrected chi connectivity index (χ3v) is 6.26. The third-order valence-electron chi connectivity index (χ3n) is 6.26. The van der Waals surface area contributed by atoms with Crippen LogP contribution in [0.15, 0.2) is 48.0 Å². The van der Waals surface area contributed by atoms with Crippen LogP contribution in [0, 0.1) is 0 Å². The Kier molecular flexibility index (Phi) is 7.68. The summed E-state index contributed by atoms with van der Waals surface area (Å²) in [6, 6.07) is 11.4. The van der Waals surface area contributed by atoms with Crippen molar-refractivity contribution in [3.05, 3.63) is 59.2 Å². The molecule has 9 heteroatoms. The second-order valence-electron chi connectivity index (χ2n) is 8.85. The number of imide groups is 2. The van der Waals surface area contributed by atoms with Crippen LogP contribution in [0.4, 0.5) is 10.5 Å². The number of rotatable bonds is 7. The van der Waals surface area contributed by atoms with E-state index in [1.54, 1.807) is 49.6 Å². The summed E-state index contributed by atoms with van der Waals surface area (Å²) in [5.41, 5.74) is 1.90. The van der Waals surface area contributed by atoms with Gasteiger partial charge in [0.15, 0.2) is 0 Å². The summed E-state index contributed by atoms with van der Waals surface area (Å²) in [6.07, 6.45) is 5.97. The van der Waals surface area contributed by atoms with Crippen molar-refractivity contribution < 1.29 is 28.7 Å². The number of carbonyl (C=O) groups is 4. The molecule has 1 saturated carbocycles. The van der Waals surface area contributed by atoms with Gasteiger partial charge in [-0.15, -0.1) is 0 Å². The van der Waals surface area contributed by atoms with Crippen LogP contribution in [0.3, 0.4) is 0 Å². The third kappa shape index (κ3) is 5.73.